The van der Waals surface area contributed by atoms with Gasteiger partial charge in [0.1, 0.15) is 5.69 Å². The van der Waals surface area contributed by atoms with Crippen LogP contribution in [0.4, 0.5) is 5.69 Å². The summed E-state index contributed by atoms with van der Waals surface area (Å²) in [5, 5.41) is 5.06. The fourth-order valence-electron chi connectivity index (χ4n) is 2.02. The van der Waals surface area contributed by atoms with E-state index in [2.05, 4.69) is 10.3 Å². The van der Waals surface area contributed by atoms with Crippen LogP contribution < -0.4 is 5.32 Å². The summed E-state index contributed by atoms with van der Waals surface area (Å²) in [5.74, 6) is -0.300. The molecule has 6 heteroatoms. The Labute approximate surface area is 135 Å². The fourth-order valence-corrected chi connectivity index (χ4v) is 2.71. The molecule has 3 rings (SSSR count). The molecule has 2 aromatic carbocycles. The van der Waals surface area contributed by atoms with E-state index in [1.807, 2.05) is 12.1 Å². The second kappa shape index (κ2) is 5.60. The van der Waals surface area contributed by atoms with E-state index in [1.54, 1.807) is 30.3 Å². The number of hydrogen-bond acceptors (Lipinski definition) is 1. The number of para-hydroxylation sites is 1. The van der Waals surface area contributed by atoms with Gasteiger partial charge in [0.15, 0.2) is 0 Å². The van der Waals surface area contributed by atoms with Gasteiger partial charge in [0.2, 0.25) is 0 Å². The summed E-state index contributed by atoms with van der Waals surface area (Å²) < 4.78 is 0. The van der Waals surface area contributed by atoms with E-state index in [4.69, 9.17) is 34.8 Å². The van der Waals surface area contributed by atoms with Crippen LogP contribution in [0.15, 0.2) is 42.5 Å². The minimum atomic E-state index is -0.300. The molecule has 0 aliphatic carbocycles. The third-order valence-electron chi connectivity index (χ3n) is 3.03. The van der Waals surface area contributed by atoms with Crippen molar-refractivity contribution in [3.63, 3.8) is 0 Å². The summed E-state index contributed by atoms with van der Waals surface area (Å²) in [6, 6.07) is 12.1. The fraction of sp³-hybridized carbons (Fsp3) is 0. The summed E-state index contributed by atoms with van der Waals surface area (Å²) in [4.78, 5) is 15.3. The molecule has 0 saturated heterocycles. The van der Waals surface area contributed by atoms with E-state index in [1.165, 1.54) is 0 Å². The van der Waals surface area contributed by atoms with Crippen molar-refractivity contribution in [3.05, 3.63) is 63.2 Å². The lowest BCUT2D eigenvalue weighted by atomic mass is 10.2. The average Bonchev–Trinajstić information content (AvgIpc) is 2.87. The summed E-state index contributed by atoms with van der Waals surface area (Å²) >= 11 is 17.9. The second-order valence-corrected chi connectivity index (χ2v) is 5.72. The third-order valence-corrected chi connectivity index (χ3v) is 3.89. The predicted molar refractivity (Wildman–Crippen MR) is 87.7 cm³/mol. The van der Waals surface area contributed by atoms with Crippen molar-refractivity contribution in [2.24, 2.45) is 0 Å². The number of H-pyrrole nitrogens is 1. The molecule has 106 valence electrons. The number of carbonyl (C=O) groups is 1. The Kier molecular flexibility index (Phi) is 3.81. The van der Waals surface area contributed by atoms with E-state index >= 15 is 0 Å². The van der Waals surface area contributed by atoms with Gasteiger partial charge in [-0.15, -0.1) is 0 Å². The van der Waals surface area contributed by atoms with Gasteiger partial charge in [-0.05, 0) is 30.3 Å². The number of rotatable bonds is 2. The van der Waals surface area contributed by atoms with Crippen molar-refractivity contribution >= 4 is 57.3 Å². The first kappa shape index (κ1) is 14.3. The van der Waals surface area contributed by atoms with Crippen LogP contribution in [0, 0.1) is 0 Å². The molecule has 21 heavy (non-hydrogen) atoms. The van der Waals surface area contributed by atoms with E-state index < -0.39 is 0 Å². The van der Waals surface area contributed by atoms with Gasteiger partial charge in [-0.1, -0.05) is 46.9 Å². The van der Waals surface area contributed by atoms with Crippen molar-refractivity contribution in [2.45, 2.75) is 0 Å². The normalized spacial score (nSPS) is 10.8. The highest BCUT2D eigenvalue weighted by atomic mass is 35.5. The van der Waals surface area contributed by atoms with Crippen LogP contribution >= 0.6 is 34.8 Å². The molecular formula is C15H9Cl3N2O. The lowest BCUT2D eigenvalue weighted by Crippen LogP contribution is -2.12. The number of halogens is 3. The van der Waals surface area contributed by atoms with E-state index in [-0.39, 0.29) is 5.91 Å². The number of nitrogens with one attached hydrogen (secondary N) is 2. The van der Waals surface area contributed by atoms with Crippen LogP contribution in [-0.4, -0.2) is 10.9 Å². The monoisotopic (exact) mass is 338 g/mol. The Morgan fingerprint density at radius 3 is 2.52 bits per heavy atom. The number of aromatic amines is 1. The van der Waals surface area contributed by atoms with Gasteiger partial charge < -0.3 is 10.3 Å². The van der Waals surface area contributed by atoms with E-state index in [0.717, 1.165) is 10.9 Å². The summed E-state index contributed by atoms with van der Waals surface area (Å²) in [7, 11) is 0. The molecule has 2 N–H and O–H groups in total. The van der Waals surface area contributed by atoms with Crippen LogP contribution in [0.1, 0.15) is 10.5 Å². The number of aromatic nitrogens is 1. The molecule has 0 unspecified atom stereocenters. The zero-order valence-corrected chi connectivity index (χ0v) is 12.9. The van der Waals surface area contributed by atoms with Gasteiger partial charge in [-0.25, -0.2) is 0 Å². The number of hydrogen-bond donors (Lipinski definition) is 2. The minimum absolute atomic E-state index is 0.300. The number of amides is 1. The van der Waals surface area contributed by atoms with Gasteiger partial charge in [0.25, 0.3) is 5.91 Å². The Bertz CT molecular complexity index is 842. The number of anilines is 1. The topological polar surface area (TPSA) is 44.9 Å². The van der Waals surface area contributed by atoms with Gasteiger partial charge in [-0.3, -0.25) is 4.79 Å². The average molecular weight is 340 g/mol. The molecule has 0 bridgehead atoms. The molecule has 1 heterocycles. The molecule has 0 aliphatic rings. The molecule has 0 spiro atoms. The molecule has 0 radical (unpaired) electrons. The van der Waals surface area contributed by atoms with Crippen LogP contribution in [-0.2, 0) is 0 Å². The van der Waals surface area contributed by atoms with Gasteiger partial charge in [0, 0.05) is 10.4 Å². The maximum atomic E-state index is 12.3. The quantitative estimate of drug-likeness (QED) is 0.647. The molecule has 0 aliphatic heterocycles. The Hall–Kier alpha value is -1.68. The smallest absolute Gasteiger partial charge is 0.272 e. The lowest BCUT2D eigenvalue weighted by molar-refractivity contribution is 0.102. The zero-order valence-electron chi connectivity index (χ0n) is 10.6. The zero-order chi connectivity index (χ0) is 15.0. The number of carbonyl (C=O) groups excluding carboxylic acids is 1. The third kappa shape index (κ3) is 2.86. The van der Waals surface area contributed by atoms with Crippen molar-refractivity contribution in [2.75, 3.05) is 5.32 Å². The first-order valence-corrected chi connectivity index (χ1v) is 7.21. The van der Waals surface area contributed by atoms with Crippen LogP contribution in [0.2, 0.25) is 15.1 Å². The first-order chi connectivity index (χ1) is 10.0. The lowest BCUT2D eigenvalue weighted by Gasteiger charge is -2.06. The summed E-state index contributed by atoms with van der Waals surface area (Å²) in [5.41, 5.74) is 1.63. The Balaban J connectivity index is 1.92. The van der Waals surface area contributed by atoms with Gasteiger partial charge >= 0.3 is 0 Å². The summed E-state index contributed by atoms with van der Waals surface area (Å²) in [6.07, 6.45) is 0. The van der Waals surface area contributed by atoms with Crippen LogP contribution in [0.5, 0.6) is 0 Å². The molecule has 1 amide bonds. The van der Waals surface area contributed by atoms with E-state index in [0.29, 0.717) is 26.4 Å². The molecule has 3 nitrogen and oxygen atoms in total. The highest BCUT2D eigenvalue weighted by Crippen LogP contribution is 2.27. The second-order valence-electron chi connectivity index (χ2n) is 4.47. The minimum Gasteiger partial charge on any atom is -0.349 e. The Morgan fingerprint density at radius 2 is 1.81 bits per heavy atom. The standard InChI is InChI=1S/C15H9Cl3N2O/c16-9-4-5-12(11(18)7-9)20-15(21)13-6-8-2-1-3-10(17)14(8)19-13/h1-7,19H,(H,20,21). The molecule has 1 aromatic heterocycles. The summed E-state index contributed by atoms with van der Waals surface area (Å²) in [6.45, 7) is 0. The highest BCUT2D eigenvalue weighted by molar-refractivity contribution is 6.37. The first-order valence-electron chi connectivity index (χ1n) is 6.08. The molecule has 0 atom stereocenters. The van der Waals surface area contributed by atoms with Crippen molar-refractivity contribution in [3.8, 4) is 0 Å². The van der Waals surface area contributed by atoms with Crippen molar-refractivity contribution in [1.29, 1.82) is 0 Å². The predicted octanol–water partition coefficient (Wildman–Crippen LogP) is 5.38. The molecular weight excluding hydrogens is 331 g/mol. The largest absolute Gasteiger partial charge is 0.349 e. The SMILES string of the molecule is O=C(Nc1ccc(Cl)cc1Cl)c1cc2cccc(Cl)c2[nH]1. The van der Waals surface area contributed by atoms with Crippen molar-refractivity contribution in [1.82, 2.24) is 4.98 Å². The van der Waals surface area contributed by atoms with Crippen LogP contribution in [0.3, 0.4) is 0 Å². The number of fused-ring (bicyclic) bond motifs is 1. The molecule has 0 saturated carbocycles. The molecule has 3 aromatic rings. The van der Waals surface area contributed by atoms with Gasteiger partial charge in [0.05, 0.1) is 21.2 Å². The number of benzene rings is 2. The van der Waals surface area contributed by atoms with E-state index in [9.17, 15) is 4.79 Å². The van der Waals surface area contributed by atoms with Crippen molar-refractivity contribution < 1.29 is 4.79 Å². The Morgan fingerprint density at radius 1 is 1.00 bits per heavy atom. The molecule has 0 fully saturated rings. The maximum absolute atomic E-state index is 12.3. The van der Waals surface area contributed by atoms with Crippen LogP contribution in [0.25, 0.3) is 10.9 Å². The maximum Gasteiger partial charge on any atom is 0.272 e. The highest BCUT2D eigenvalue weighted by Gasteiger charge is 2.12. The van der Waals surface area contributed by atoms with Gasteiger partial charge in [-0.2, -0.15) is 0 Å².